The summed E-state index contributed by atoms with van der Waals surface area (Å²) in [5, 5.41) is 2.85. The van der Waals surface area contributed by atoms with Gasteiger partial charge in [-0.1, -0.05) is 6.07 Å². The number of carbonyl (C=O) groups is 1. The van der Waals surface area contributed by atoms with Crippen molar-refractivity contribution in [3.8, 4) is 0 Å². The Morgan fingerprint density at radius 1 is 1.33 bits per heavy atom. The van der Waals surface area contributed by atoms with E-state index in [0.29, 0.717) is 12.1 Å². The average Bonchev–Trinajstić information content (AvgIpc) is 2.40. The van der Waals surface area contributed by atoms with Crippen LogP contribution in [0.25, 0.3) is 0 Å². The summed E-state index contributed by atoms with van der Waals surface area (Å²) >= 11 is 5.56. The molecule has 1 aromatic heterocycles. The molecule has 0 saturated carbocycles. The van der Waals surface area contributed by atoms with Crippen molar-refractivity contribution < 1.29 is 4.79 Å². The van der Waals surface area contributed by atoms with Gasteiger partial charge < -0.3 is 5.32 Å². The maximum atomic E-state index is 12.0. The first-order chi connectivity index (χ1) is 8.66. The third-order valence-electron chi connectivity index (χ3n) is 2.33. The molecule has 0 saturated heterocycles. The molecular formula is C13H10BrIN2O. The summed E-state index contributed by atoms with van der Waals surface area (Å²) in [6.45, 7) is 0.428. The molecule has 0 radical (unpaired) electrons. The second-order valence-electron chi connectivity index (χ2n) is 3.63. The molecule has 0 aliphatic heterocycles. The molecule has 5 heteroatoms. The minimum Gasteiger partial charge on any atom is -0.346 e. The van der Waals surface area contributed by atoms with Crippen LogP contribution in [0.1, 0.15) is 16.1 Å². The van der Waals surface area contributed by atoms with Crippen LogP contribution in [0.4, 0.5) is 0 Å². The van der Waals surface area contributed by atoms with Gasteiger partial charge in [-0.15, -0.1) is 0 Å². The normalized spacial score (nSPS) is 10.1. The second-order valence-corrected chi connectivity index (χ2v) is 5.73. The number of amides is 1. The van der Waals surface area contributed by atoms with Crippen molar-refractivity contribution in [2.45, 2.75) is 6.54 Å². The molecule has 0 aliphatic carbocycles. The Bertz CT molecular complexity index is 560. The van der Waals surface area contributed by atoms with Gasteiger partial charge in [0.2, 0.25) is 0 Å². The highest BCUT2D eigenvalue weighted by atomic mass is 127. The third kappa shape index (κ3) is 3.52. The topological polar surface area (TPSA) is 42.0 Å². The van der Waals surface area contributed by atoms with Gasteiger partial charge >= 0.3 is 0 Å². The molecule has 0 aliphatic rings. The summed E-state index contributed by atoms with van der Waals surface area (Å²) in [6, 6.07) is 11.3. The van der Waals surface area contributed by atoms with Crippen molar-refractivity contribution in [1.82, 2.24) is 10.3 Å². The van der Waals surface area contributed by atoms with E-state index in [9.17, 15) is 4.79 Å². The number of hydrogen-bond acceptors (Lipinski definition) is 2. The maximum absolute atomic E-state index is 12.0. The van der Waals surface area contributed by atoms with Crippen LogP contribution in [0.2, 0.25) is 0 Å². The van der Waals surface area contributed by atoms with Gasteiger partial charge in [-0.25, -0.2) is 0 Å². The molecular weight excluding hydrogens is 407 g/mol. The molecule has 1 aromatic carbocycles. The van der Waals surface area contributed by atoms with E-state index in [1.54, 1.807) is 6.20 Å². The fourth-order valence-corrected chi connectivity index (χ4v) is 2.36. The number of nitrogens with one attached hydrogen (secondary N) is 1. The predicted molar refractivity (Wildman–Crippen MR) is 82.3 cm³/mol. The van der Waals surface area contributed by atoms with Crippen LogP contribution in [-0.2, 0) is 6.54 Å². The van der Waals surface area contributed by atoms with Crippen LogP contribution < -0.4 is 5.32 Å². The Hall–Kier alpha value is -0.950. The molecule has 0 unspecified atom stereocenters. The molecule has 2 aromatic rings. The number of hydrogen-bond donors (Lipinski definition) is 1. The summed E-state index contributed by atoms with van der Waals surface area (Å²) < 4.78 is 1.82. The first-order valence-corrected chi connectivity index (χ1v) is 7.17. The zero-order chi connectivity index (χ0) is 13.0. The van der Waals surface area contributed by atoms with Crippen LogP contribution in [-0.4, -0.2) is 10.9 Å². The molecule has 1 amide bonds. The van der Waals surface area contributed by atoms with Gasteiger partial charge in [-0.05, 0) is 68.9 Å². The minimum absolute atomic E-state index is 0.106. The summed E-state index contributed by atoms with van der Waals surface area (Å²) in [4.78, 5) is 16.2. The van der Waals surface area contributed by atoms with E-state index in [-0.39, 0.29) is 5.91 Å². The van der Waals surface area contributed by atoms with E-state index in [2.05, 4.69) is 48.8 Å². The molecule has 3 nitrogen and oxygen atoms in total. The van der Waals surface area contributed by atoms with Crippen LogP contribution in [0.15, 0.2) is 47.1 Å². The fraction of sp³-hybridized carbons (Fsp3) is 0.0769. The van der Waals surface area contributed by atoms with Gasteiger partial charge in [-0.2, -0.15) is 0 Å². The number of pyridine rings is 1. The highest BCUT2D eigenvalue weighted by Gasteiger charge is 2.10. The zero-order valence-corrected chi connectivity index (χ0v) is 13.1. The van der Waals surface area contributed by atoms with Crippen molar-refractivity contribution in [3.05, 3.63) is 61.9 Å². The molecule has 92 valence electrons. The smallest absolute Gasteiger partial charge is 0.252 e. The van der Waals surface area contributed by atoms with E-state index in [1.807, 2.05) is 36.4 Å². The Labute approximate surface area is 127 Å². The van der Waals surface area contributed by atoms with Gasteiger partial charge in [0.15, 0.2) is 0 Å². The van der Waals surface area contributed by atoms with E-state index in [0.717, 1.165) is 13.7 Å². The van der Waals surface area contributed by atoms with E-state index in [1.165, 1.54) is 0 Å². The Kier molecular flexibility index (Phi) is 4.71. The van der Waals surface area contributed by atoms with Gasteiger partial charge in [0.25, 0.3) is 5.91 Å². The van der Waals surface area contributed by atoms with Crippen molar-refractivity contribution in [3.63, 3.8) is 0 Å². The van der Waals surface area contributed by atoms with Gasteiger partial charge in [0.1, 0.15) is 0 Å². The maximum Gasteiger partial charge on any atom is 0.252 e. The number of carbonyl (C=O) groups excluding carboxylic acids is 1. The lowest BCUT2D eigenvalue weighted by Crippen LogP contribution is -2.23. The van der Waals surface area contributed by atoms with E-state index >= 15 is 0 Å². The summed E-state index contributed by atoms with van der Waals surface area (Å²) in [5.74, 6) is -0.106. The fourth-order valence-electron chi connectivity index (χ4n) is 1.44. The molecule has 1 heterocycles. The number of rotatable bonds is 3. The molecule has 0 bridgehead atoms. The SMILES string of the molecule is O=C(NCc1ccccn1)c1cc(I)ccc1Br. The first-order valence-electron chi connectivity index (χ1n) is 5.30. The molecule has 2 rings (SSSR count). The average molecular weight is 417 g/mol. The van der Waals surface area contributed by atoms with E-state index < -0.39 is 0 Å². The molecule has 18 heavy (non-hydrogen) atoms. The van der Waals surface area contributed by atoms with Gasteiger partial charge in [-0.3, -0.25) is 9.78 Å². The van der Waals surface area contributed by atoms with Crippen molar-refractivity contribution in [2.75, 3.05) is 0 Å². The number of benzene rings is 1. The molecule has 0 fully saturated rings. The lowest BCUT2D eigenvalue weighted by Gasteiger charge is -2.07. The summed E-state index contributed by atoms with van der Waals surface area (Å²) in [7, 11) is 0. The highest BCUT2D eigenvalue weighted by molar-refractivity contribution is 14.1. The molecule has 1 N–H and O–H groups in total. The number of halogens is 2. The summed E-state index contributed by atoms with van der Waals surface area (Å²) in [6.07, 6.45) is 1.71. The van der Waals surface area contributed by atoms with Crippen LogP contribution in [0, 0.1) is 3.57 Å². The summed E-state index contributed by atoms with van der Waals surface area (Å²) in [5.41, 5.74) is 1.48. The Morgan fingerprint density at radius 2 is 2.17 bits per heavy atom. The van der Waals surface area contributed by atoms with Crippen molar-refractivity contribution in [2.24, 2.45) is 0 Å². The minimum atomic E-state index is -0.106. The Balaban J connectivity index is 2.06. The molecule has 0 atom stereocenters. The largest absolute Gasteiger partial charge is 0.346 e. The van der Waals surface area contributed by atoms with Gasteiger partial charge in [0, 0.05) is 14.2 Å². The van der Waals surface area contributed by atoms with Crippen LogP contribution in [0.3, 0.4) is 0 Å². The van der Waals surface area contributed by atoms with Crippen molar-refractivity contribution >= 4 is 44.4 Å². The van der Waals surface area contributed by atoms with Crippen molar-refractivity contribution in [1.29, 1.82) is 0 Å². The monoisotopic (exact) mass is 416 g/mol. The first kappa shape index (κ1) is 13.5. The lowest BCUT2D eigenvalue weighted by molar-refractivity contribution is 0.0949. The zero-order valence-electron chi connectivity index (χ0n) is 9.36. The third-order valence-corrected chi connectivity index (χ3v) is 3.69. The quantitative estimate of drug-likeness (QED) is 0.779. The highest BCUT2D eigenvalue weighted by Crippen LogP contribution is 2.19. The van der Waals surface area contributed by atoms with Crippen LogP contribution >= 0.6 is 38.5 Å². The van der Waals surface area contributed by atoms with Crippen LogP contribution in [0.5, 0.6) is 0 Å². The van der Waals surface area contributed by atoms with E-state index in [4.69, 9.17) is 0 Å². The number of aromatic nitrogens is 1. The standard InChI is InChI=1S/C13H10BrIN2O/c14-12-5-4-9(15)7-11(12)13(18)17-8-10-3-1-2-6-16-10/h1-7H,8H2,(H,17,18). The van der Waals surface area contributed by atoms with Gasteiger partial charge in [0.05, 0.1) is 17.8 Å². The predicted octanol–water partition coefficient (Wildman–Crippen LogP) is 3.38. The lowest BCUT2D eigenvalue weighted by atomic mass is 10.2. The molecule has 0 spiro atoms. The number of nitrogens with zero attached hydrogens (tertiary/aromatic N) is 1. The second kappa shape index (κ2) is 6.29. The Morgan fingerprint density at radius 3 is 2.89 bits per heavy atom.